The summed E-state index contributed by atoms with van der Waals surface area (Å²) >= 11 is 0. The Balaban J connectivity index is 5.66. The minimum Gasteiger partial charge on any atom is -0.468 e. The lowest BCUT2D eigenvalue weighted by atomic mass is 9.86. The molecule has 1 unspecified atom stereocenters. The number of hydrogen-bond acceptors (Lipinski definition) is 5. The Bertz CT molecular complexity index is 404. The minimum atomic E-state index is -1.67. The van der Waals surface area contributed by atoms with Crippen LogP contribution in [-0.4, -0.2) is 40.0 Å². The highest BCUT2D eigenvalue weighted by atomic mass is 28.3. The van der Waals surface area contributed by atoms with Crippen LogP contribution in [0.3, 0.4) is 0 Å². The van der Waals surface area contributed by atoms with Gasteiger partial charge in [-0.1, -0.05) is 32.3 Å². The quantitative estimate of drug-likeness (QED) is 0.325. The largest absolute Gasteiger partial charge is 0.468 e. The van der Waals surface area contributed by atoms with Crippen LogP contribution in [0, 0.1) is 11.8 Å². The number of Topliss-reactive ketones (excluding diaryl/α,β-unsaturated/α-hetero) is 1. The topological polar surface area (TPSA) is 69.7 Å². The SMILES string of the molecule is COC(=O)C(C(=O)OC)C(C)/C(=C/[Si](C)(C)C)C(C)=O. The van der Waals surface area contributed by atoms with Crippen LogP contribution >= 0.6 is 0 Å². The van der Waals surface area contributed by atoms with Crippen LogP contribution in [0.25, 0.3) is 0 Å². The van der Waals surface area contributed by atoms with Crippen LogP contribution in [0.1, 0.15) is 13.8 Å². The molecule has 6 heteroatoms. The molecule has 0 amide bonds. The van der Waals surface area contributed by atoms with Gasteiger partial charge in [-0.3, -0.25) is 14.4 Å². The molecule has 20 heavy (non-hydrogen) atoms. The van der Waals surface area contributed by atoms with E-state index in [1.54, 1.807) is 6.92 Å². The third-order valence-electron chi connectivity index (χ3n) is 2.90. The molecule has 0 saturated heterocycles. The molecule has 0 spiro atoms. The van der Waals surface area contributed by atoms with Gasteiger partial charge in [-0.25, -0.2) is 0 Å². The zero-order chi connectivity index (χ0) is 16.1. The molecule has 0 aromatic carbocycles. The molecule has 0 aliphatic carbocycles. The molecule has 0 N–H and O–H groups in total. The number of esters is 2. The maximum absolute atomic E-state index is 11.8. The summed E-state index contributed by atoms with van der Waals surface area (Å²) in [6.45, 7) is 9.34. The van der Waals surface area contributed by atoms with E-state index in [4.69, 9.17) is 0 Å². The number of allylic oxidation sites excluding steroid dienone is 1. The van der Waals surface area contributed by atoms with Gasteiger partial charge in [-0.05, 0) is 12.5 Å². The van der Waals surface area contributed by atoms with Crippen molar-refractivity contribution in [3.8, 4) is 0 Å². The second-order valence-corrected chi connectivity index (χ2v) is 10.9. The average molecular weight is 300 g/mol. The van der Waals surface area contributed by atoms with Gasteiger partial charge in [0.1, 0.15) is 0 Å². The summed E-state index contributed by atoms with van der Waals surface area (Å²) in [6, 6.07) is 0. The highest BCUT2D eigenvalue weighted by molar-refractivity contribution is 6.81. The summed E-state index contributed by atoms with van der Waals surface area (Å²) in [5, 5.41) is 0. The van der Waals surface area contributed by atoms with Gasteiger partial charge < -0.3 is 9.47 Å². The van der Waals surface area contributed by atoms with E-state index in [2.05, 4.69) is 29.1 Å². The Morgan fingerprint density at radius 1 is 1.00 bits per heavy atom. The van der Waals surface area contributed by atoms with Crippen LogP contribution in [0.2, 0.25) is 19.6 Å². The first-order valence-corrected chi connectivity index (χ1v) is 10.0. The third kappa shape index (κ3) is 5.28. The average Bonchev–Trinajstić information content (AvgIpc) is 2.33. The summed E-state index contributed by atoms with van der Waals surface area (Å²) < 4.78 is 9.30. The Kier molecular flexibility index (Phi) is 6.85. The molecule has 0 radical (unpaired) electrons. The van der Waals surface area contributed by atoms with Crippen molar-refractivity contribution in [2.75, 3.05) is 14.2 Å². The van der Waals surface area contributed by atoms with Gasteiger partial charge in [-0.15, -0.1) is 0 Å². The Morgan fingerprint density at radius 3 is 1.65 bits per heavy atom. The third-order valence-corrected chi connectivity index (χ3v) is 4.07. The number of carbonyl (C=O) groups is 3. The summed E-state index contributed by atoms with van der Waals surface area (Å²) in [5.41, 5.74) is 2.41. The van der Waals surface area contributed by atoms with Gasteiger partial charge in [0.2, 0.25) is 0 Å². The predicted octanol–water partition coefficient (Wildman–Crippen LogP) is 1.98. The lowest BCUT2D eigenvalue weighted by Gasteiger charge is -2.23. The van der Waals surface area contributed by atoms with Crippen molar-refractivity contribution in [3.63, 3.8) is 0 Å². The summed E-state index contributed by atoms with van der Waals surface area (Å²) in [4.78, 5) is 35.4. The second-order valence-electron chi connectivity index (χ2n) is 5.83. The van der Waals surface area contributed by atoms with Crippen molar-refractivity contribution < 1.29 is 23.9 Å². The van der Waals surface area contributed by atoms with Gasteiger partial charge >= 0.3 is 11.9 Å². The smallest absolute Gasteiger partial charge is 0.320 e. The highest BCUT2D eigenvalue weighted by Crippen LogP contribution is 2.25. The molecule has 0 aliphatic rings. The van der Waals surface area contributed by atoms with Crippen LogP contribution < -0.4 is 0 Å². The van der Waals surface area contributed by atoms with Gasteiger partial charge in [-0.2, -0.15) is 0 Å². The number of hydrogen-bond donors (Lipinski definition) is 0. The van der Waals surface area contributed by atoms with E-state index in [0.29, 0.717) is 5.57 Å². The maximum Gasteiger partial charge on any atom is 0.320 e. The van der Waals surface area contributed by atoms with E-state index in [-0.39, 0.29) is 5.78 Å². The van der Waals surface area contributed by atoms with E-state index in [9.17, 15) is 14.4 Å². The molecule has 0 aliphatic heterocycles. The standard InChI is InChI=1S/C14H24O5Si/c1-9(11(10(2)15)8-20(5,6)7)12(13(16)18-3)14(17)19-4/h8-9,12H,1-7H3/b11-8-. The normalized spacial score (nSPS) is 13.9. The molecule has 0 fully saturated rings. The van der Waals surface area contributed by atoms with Crippen LogP contribution in [-0.2, 0) is 23.9 Å². The van der Waals surface area contributed by atoms with Gasteiger partial charge in [0.15, 0.2) is 11.7 Å². The van der Waals surface area contributed by atoms with Crippen molar-refractivity contribution in [2.24, 2.45) is 11.8 Å². The molecular formula is C14H24O5Si. The first-order chi connectivity index (χ1) is 9.05. The fourth-order valence-electron chi connectivity index (χ4n) is 1.96. The molecule has 114 valence electrons. The molecule has 5 nitrogen and oxygen atoms in total. The molecule has 0 heterocycles. The summed E-state index contributed by atoms with van der Waals surface area (Å²) in [7, 11) is 0.749. The fraction of sp³-hybridized carbons (Fsp3) is 0.643. The van der Waals surface area contributed by atoms with Crippen molar-refractivity contribution >= 4 is 25.8 Å². The number of ether oxygens (including phenoxy) is 2. The summed E-state index contributed by atoms with van der Waals surface area (Å²) in [5.74, 6) is -3.20. The molecule has 0 bridgehead atoms. The van der Waals surface area contributed by atoms with Gasteiger partial charge in [0, 0.05) is 5.92 Å². The maximum atomic E-state index is 11.8. The monoisotopic (exact) mass is 300 g/mol. The van der Waals surface area contributed by atoms with Crippen LogP contribution in [0.5, 0.6) is 0 Å². The van der Waals surface area contributed by atoms with Crippen molar-refractivity contribution in [3.05, 3.63) is 11.3 Å². The van der Waals surface area contributed by atoms with Crippen LogP contribution in [0.15, 0.2) is 11.3 Å². The number of rotatable bonds is 6. The van der Waals surface area contributed by atoms with E-state index >= 15 is 0 Å². The van der Waals surface area contributed by atoms with Crippen molar-refractivity contribution in [1.82, 2.24) is 0 Å². The second kappa shape index (κ2) is 7.38. The van der Waals surface area contributed by atoms with E-state index in [1.165, 1.54) is 21.1 Å². The molecular weight excluding hydrogens is 276 g/mol. The first-order valence-electron chi connectivity index (χ1n) is 6.44. The van der Waals surface area contributed by atoms with Gasteiger partial charge in [0.05, 0.1) is 22.3 Å². The first kappa shape index (κ1) is 18.6. The molecule has 0 rings (SSSR count). The summed E-state index contributed by atoms with van der Waals surface area (Å²) in [6.07, 6.45) is 0. The molecule has 0 saturated carbocycles. The predicted molar refractivity (Wildman–Crippen MR) is 78.8 cm³/mol. The van der Waals surface area contributed by atoms with E-state index in [0.717, 1.165) is 0 Å². The molecule has 0 aromatic heterocycles. The lowest BCUT2D eigenvalue weighted by molar-refractivity contribution is -0.160. The van der Waals surface area contributed by atoms with E-state index in [1.807, 2.05) is 5.70 Å². The Labute approximate surface area is 121 Å². The highest BCUT2D eigenvalue weighted by Gasteiger charge is 2.37. The van der Waals surface area contributed by atoms with Gasteiger partial charge in [0.25, 0.3) is 0 Å². The van der Waals surface area contributed by atoms with Crippen molar-refractivity contribution in [2.45, 2.75) is 33.5 Å². The minimum absolute atomic E-state index is 0.141. The number of ketones is 1. The molecule has 1 atom stereocenters. The Morgan fingerprint density at radius 2 is 1.40 bits per heavy atom. The number of methoxy groups -OCH3 is 2. The Hall–Kier alpha value is -1.43. The van der Waals surface area contributed by atoms with E-state index < -0.39 is 31.8 Å². The zero-order valence-electron chi connectivity index (χ0n) is 13.3. The number of carbonyl (C=O) groups excluding carboxylic acids is 3. The fourth-order valence-corrected chi connectivity index (χ4v) is 3.36. The zero-order valence-corrected chi connectivity index (χ0v) is 14.3. The van der Waals surface area contributed by atoms with Crippen LogP contribution in [0.4, 0.5) is 0 Å². The molecule has 0 aromatic rings. The lowest BCUT2D eigenvalue weighted by Crippen LogP contribution is -2.35. The van der Waals surface area contributed by atoms with Crippen molar-refractivity contribution in [1.29, 1.82) is 0 Å².